The lowest BCUT2D eigenvalue weighted by Crippen LogP contribution is -2.01. The molecule has 0 aromatic heterocycles. The van der Waals surface area contributed by atoms with Crippen LogP contribution in [0.2, 0.25) is 0 Å². The van der Waals surface area contributed by atoms with E-state index in [1.807, 2.05) is 12.1 Å². The normalized spacial score (nSPS) is 9.64. The van der Waals surface area contributed by atoms with Crippen molar-refractivity contribution in [3.8, 4) is 0 Å². The van der Waals surface area contributed by atoms with Gasteiger partial charge in [0.25, 0.3) is 0 Å². The van der Waals surface area contributed by atoms with E-state index < -0.39 is 0 Å². The molecule has 0 spiro atoms. The Hall–Kier alpha value is -0.580. The second kappa shape index (κ2) is 3.21. The van der Waals surface area contributed by atoms with Gasteiger partial charge in [-0.05, 0) is 41.6 Å². The molecular formula is C8H8INO. The number of nitrogen functional groups attached to an aromatic ring is 1. The van der Waals surface area contributed by atoms with Crippen LogP contribution in [0.1, 0.15) is 17.3 Å². The molecule has 0 aliphatic heterocycles. The number of anilines is 1. The molecule has 3 heteroatoms. The number of hydrogen-bond acceptors (Lipinski definition) is 2. The van der Waals surface area contributed by atoms with Crippen LogP contribution in [0.25, 0.3) is 0 Å². The van der Waals surface area contributed by atoms with Crippen LogP contribution in [-0.2, 0) is 0 Å². The highest BCUT2D eigenvalue weighted by Crippen LogP contribution is 2.18. The van der Waals surface area contributed by atoms with E-state index in [1.54, 1.807) is 6.07 Å². The Kier molecular flexibility index (Phi) is 2.49. The first kappa shape index (κ1) is 8.52. The molecule has 0 saturated carbocycles. The Labute approximate surface area is 78.9 Å². The molecule has 2 nitrogen and oxygen atoms in total. The third-order valence-electron chi connectivity index (χ3n) is 1.40. The van der Waals surface area contributed by atoms with Crippen LogP contribution in [0.15, 0.2) is 18.2 Å². The van der Waals surface area contributed by atoms with Crippen molar-refractivity contribution in [3.05, 3.63) is 27.3 Å². The van der Waals surface area contributed by atoms with Gasteiger partial charge in [0.2, 0.25) is 0 Å². The van der Waals surface area contributed by atoms with Gasteiger partial charge in [-0.25, -0.2) is 0 Å². The molecule has 1 aromatic carbocycles. The summed E-state index contributed by atoms with van der Waals surface area (Å²) in [5.74, 6) is 0.0208. The van der Waals surface area contributed by atoms with Gasteiger partial charge in [0.05, 0.1) is 5.56 Å². The highest BCUT2D eigenvalue weighted by atomic mass is 127. The van der Waals surface area contributed by atoms with Crippen LogP contribution in [0.5, 0.6) is 0 Å². The summed E-state index contributed by atoms with van der Waals surface area (Å²) < 4.78 is 0.912. The van der Waals surface area contributed by atoms with E-state index in [4.69, 9.17) is 5.73 Å². The fourth-order valence-corrected chi connectivity index (χ4v) is 1.81. The molecule has 0 amide bonds. The average Bonchev–Trinajstić information content (AvgIpc) is 1.85. The summed E-state index contributed by atoms with van der Waals surface area (Å²) in [6.45, 7) is 1.52. The molecule has 0 aliphatic rings. The van der Waals surface area contributed by atoms with Gasteiger partial charge in [-0.3, -0.25) is 4.79 Å². The van der Waals surface area contributed by atoms with Gasteiger partial charge < -0.3 is 5.73 Å². The number of rotatable bonds is 1. The van der Waals surface area contributed by atoms with Gasteiger partial charge in [0, 0.05) is 9.26 Å². The average molecular weight is 261 g/mol. The second-order valence-electron chi connectivity index (χ2n) is 2.26. The summed E-state index contributed by atoms with van der Waals surface area (Å²) in [7, 11) is 0. The third-order valence-corrected chi connectivity index (χ3v) is 2.30. The van der Waals surface area contributed by atoms with Gasteiger partial charge >= 0.3 is 0 Å². The highest BCUT2D eigenvalue weighted by molar-refractivity contribution is 14.1. The van der Waals surface area contributed by atoms with E-state index >= 15 is 0 Å². The topological polar surface area (TPSA) is 43.1 Å². The minimum Gasteiger partial charge on any atom is -0.398 e. The van der Waals surface area contributed by atoms with Crippen LogP contribution >= 0.6 is 22.6 Å². The lowest BCUT2D eigenvalue weighted by molar-refractivity contribution is 0.101. The first-order chi connectivity index (χ1) is 5.13. The molecule has 1 aromatic rings. The molecule has 0 heterocycles. The van der Waals surface area contributed by atoms with E-state index in [9.17, 15) is 4.79 Å². The zero-order chi connectivity index (χ0) is 8.43. The summed E-state index contributed by atoms with van der Waals surface area (Å²) in [6, 6.07) is 5.44. The van der Waals surface area contributed by atoms with Crippen LogP contribution in [0.4, 0.5) is 5.69 Å². The minimum atomic E-state index is 0.0208. The predicted octanol–water partition coefficient (Wildman–Crippen LogP) is 2.08. The first-order valence-corrected chi connectivity index (χ1v) is 4.25. The molecule has 0 atom stereocenters. The van der Waals surface area contributed by atoms with Gasteiger partial charge in [-0.15, -0.1) is 0 Å². The predicted molar refractivity (Wildman–Crippen MR) is 53.6 cm³/mol. The monoisotopic (exact) mass is 261 g/mol. The fourth-order valence-electron chi connectivity index (χ4n) is 0.912. The SMILES string of the molecule is CC(=O)c1c(N)cccc1I. The standard InChI is InChI=1S/C8H8INO/c1-5(11)8-6(9)3-2-4-7(8)10/h2-4H,10H2,1H3. The third kappa shape index (κ3) is 1.71. The van der Waals surface area contributed by atoms with Crippen LogP contribution in [0, 0.1) is 3.57 Å². The van der Waals surface area contributed by atoms with Crippen molar-refractivity contribution in [3.63, 3.8) is 0 Å². The summed E-state index contributed by atoms with van der Waals surface area (Å²) in [4.78, 5) is 11.0. The Balaban J connectivity index is 3.32. The number of ketones is 1. The van der Waals surface area contributed by atoms with Crippen LogP contribution < -0.4 is 5.73 Å². The molecule has 0 aliphatic carbocycles. The Morgan fingerprint density at radius 1 is 1.55 bits per heavy atom. The van der Waals surface area contributed by atoms with Crippen molar-refractivity contribution in [2.24, 2.45) is 0 Å². The van der Waals surface area contributed by atoms with E-state index in [0.717, 1.165) is 3.57 Å². The molecule has 2 N–H and O–H groups in total. The largest absolute Gasteiger partial charge is 0.398 e. The molecule has 0 bridgehead atoms. The fraction of sp³-hybridized carbons (Fsp3) is 0.125. The quantitative estimate of drug-likeness (QED) is 0.477. The summed E-state index contributed by atoms with van der Waals surface area (Å²) in [5.41, 5.74) is 6.79. The van der Waals surface area contributed by atoms with Gasteiger partial charge in [-0.2, -0.15) is 0 Å². The number of hydrogen-bond donors (Lipinski definition) is 1. The number of halogens is 1. The maximum atomic E-state index is 11.0. The highest BCUT2D eigenvalue weighted by Gasteiger charge is 2.07. The molecule has 0 unspecified atom stereocenters. The van der Waals surface area contributed by atoms with Crippen molar-refractivity contribution >= 4 is 34.1 Å². The number of carbonyl (C=O) groups excluding carboxylic acids is 1. The molecular weight excluding hydrogens is 253 g/mol. The first-order valence-electron chi connectivity index (χ1n) is 3.18. The number of carbonyl (C=O) groups is 1. The molecule has 0 fully saturated rings. The molecule has 58 valence electrons. The molecule has 11 heavy (non-hydrogen) atoms. The number of benzene rings is 1. The Morgan fingerprint density at radius 2 is 2.18 bits per heavy atom. The van der Waals surface area contributed by atoms with E-state index in [-0.39, 0.29) is 5.78 Å². The van der Waals surface area contributed by atoms with Gasteiger partial charge in [0.15, 0.2) is 5.78 Å². The Bertz CT molecular complexity index is 276. The van der Waals surface area contributed by atoms with Crippen molar-refractivity contribution in [1.82, 2.24) is 0 Å². The van der Waals surface area contributed by atoms with Crippen molar-refractivity contribution in [1.29, 1.82) is 0 Å². The minimum absolute atomic E-state index is 0.0208. The summed E-state index contributed by atoms with van der Waals surface area (Å²) in [5, 5.41) is 0. The summed E-state index contributed by atoms with van der Waals surface area (Å²) in [6.07, 6.45) is 0. The van der Waals surface area contributed by atoms with E-state index in [2.05, 4.69) is 22.6 Å². The maximum Gasteiger partial charge on any atom is 0.162 e. The van der Waals surface area contributed by atoms with Crippen LogP contribution in [0.3, 0.4) is 0 Å². The number of nitrogens with two attached hydrogens (primary N) is 1. The van der Waals surface area contributed by atoms with Crippen LogP contribution in [-0.4, -0.2) is 5.78 Å². The lowest BCUT2D eigenvalue weighted by atomic mass is 10.1. The lowest BCUT2D eigenvalue weighted by Gasteiger charge is -2.02. The molecule has 1 rings (SSSR count). The van der Waals surface area contributed by atoms with Gasteiger partial charge in [-0.1, -0.05) is 6.07 Å². The zero-order valence-corrected chi connectivity index (χ0v) is 8.25. The summed E-state index contributed by atoms with van der Waals surface area (Å²) >= 11 is 2.10. The van der Waals surface area contributed by atoms with E-state index in [1.165, 1.54) is 6.92 Å². The van der Waals surface area contributed by atoms with Gasteiger partial charge in [0.1, 0.15) is 0 Å². The second-order valence-corrected chi connectivity index (χ2v) is 3.42. The Morgan fingerprint density at radius 3 is 2.55 bits per heavy atom. The molecule has 0 saturated heterocycles. The number of Topliss-reactive ketones (excluding diaryl/α,β-unsaturated/α-hetero) is 1. The zero-order valence-electron chi connectivity index (χ0n) is 6.10. The molecule has 0 radical (unpaired) electrons. The van der Waals surface area contributed by atoms with E-state index in [0.29, 0.717) is 11.3 Å². The smallest absolute Gasteiger partial charge is 0.162 e. The van der Waals surface area contributed by atoms with Crippen molar-refractivity contribution in [2.75, 3.05) is 5.73 Å². The van der Waals surface area contributed by atoms with Crippen molar-refractivity contribution in [2.45, 2.75) is 6.92 Å². The maximum absolute atomic E-state index is 11.0. The van der Waals surface area contributed by atoms with Crippen molar-refractivity contribution < 1.29 is 4.79 Å².